The largest absolute Gasteiger partial charge is 1.00 e. The second kappa shape index (κ2) is 61.7. The first-order valence-electron chi connectivity index (χ1n) is 0.289. The molecule has 0 amide bonds. The van der Waals surface area contributed by atoms with Crippen LogP contribution in [0, 0.1) is 0 Å². The number of halogens is 2. The standard InChI is InChI=1S/BHO.2ClH.K.H3N/c1-2;;;;/h1H;2*1H;;1H3/q;;;+1;/p-1. The maximum Gasteiger partial charge on any atom is 1.00 e. The van der Waals surface area contributed by atoms with Gasteiger partial charge in [-0.1, -0.05) is 0 Å². The van der Waals surface area contributed by atoms with Crippen LogP contribution < -0.4 is 69.9 Å². The van der Waals surface area contributed by atoms with Gasteiger partial charge >= 0.3 is 63.8 Å². The first kappa shape index (κ1) is 43.1. The predicted molar refractivity (Wildman–Crippen MR) is 20.1 cm³/mol. The van der Waals surface area contributed by atoms with Gasteiger partial charge < -0.3 is 18.6 Å². The Bertz CT molecular complexity index is 13.5. The molecule has 0 spiro atoms. The van der Waals surface area contributed by atoms with Crippen LogP contribution in [0.25, 0.3) is 0 Å². The topological polar surface area (TPSA) is 52.1 Å². The van der Waals surface area contributed by atoms with E-state index in [1.807, 2.05) is 7.72 Å². The van der Waals surface area contributed by atoms with Crippen molar-refractivity contribution >= 4 is 20.1 Å². The van der Waals surface area contributed by atoms with E-state index in [-0.39, 0.29) is 82.3 Å². The molecule has 34 valence electrons. The molecule has 0 radical (unpaired) electrons. The molecule has 0 saturated carbocycles. The molecule has 0 aliphatic heterocycles. The Morgan fingerprint density at radius 1 is 1.17 bits per heavy atom. The maximum absolute atomic E-state index is 8.00. The second-order valence-corrected chi connectivity index (χ2v) is 0. The zero-order valence-corrected chi connectivity index (χ0v) is 8.30. The zero-order chi connectivity index (χ0) is 2.00. The minimum absolute atomic E-state index is 0. The molecule has 0 aliphatic rings. The Kier molecular flexibility index (Phi) is 443. The van der Waals surface area contributed by atoms with Crippen molar-refractivity contribution in [2.75, 3.05) is 0 Å². The van der Waals surface area contributed by atoms with E-state index in [9.17, 15) is 0 Å². The van der Waals surface area contributed by atoms with E-state index in [4.69, 9.17) is 4.70 Å². The fourth-order valence-electron chi connectivity index (χ4n) is 0. The summed E-state index contributed by atoms with van der Waals surface area (Å²) >= 11 is 0. The van der Waals surface area contributed by atoms with Crippen LogP contribution >= 0.6 is 12.4 Å². The summed E-state index contributed by atoms with van der Waals surface area (Å²) in [6, 6.07) is 0. The third-order valence-corrected chi connectivity index (χ3v) is 0. The Morgan fingerprint density at radius 3 is 1.17 bits per heavy atom. The van der Waals surface area contributed by atoms with Crippen LogP contribution in [0.3, 0.4) is 0 Å². The second-order valence-electron chi connectivity index (χ2n) is 0. The van der Waals surface area contributed by atoms with Gasteiger partial charge in [-0.15, -0.1) is 12.4 Å². The van der Waals surface area contributed by atoms with Crippen LogP contribution in [-0.4, -0.2) is 7.72 Å². The van der Waals surface area contributed by atoms with Crippen molar-refractivity contribution < 1.29 is 68.5 Å². The van der Waals surface area contributed by atoms with Crippen LogP contribution in [0.1, 0.15) is 0 Å². The van der Waals surface area contributed by atoms with Crippen molar-refractivity contribution in [3.8, 4) is 0 Å². The molecular formula is H5BCl2KNO. The quantitative estimate of drug-likeness (QED) is 0.354. The van der Waals surface area contributed by atoms with Crippen molar-refractivity contribution in [3.63, 3.8) is 0 Å². The van der Waals surface area contributed by atoms with Gasteiger partial charge in [0.25, 0.3) is 0 Å². The first-order valence-corrected chi connectivity index (χ1v) is 0.289. The van der Waals surface area contributed by atoms with E-state index in [1.165, 1.54) is 0 Å². The minimum atomic E-state index is 0. The van der Waals surface area contributed by atoms with E-state index in [0.717, 1.165) is 0 Å². The number of hydrogen-bond acceptors (Lipinski definition) is 2. The molecule has 6 heavy (non-hydrogen) atoms. The van der Waals surface area contributed by atoms with Gasteiger partial charge in [0.15, 0.2) is 0 Å². The molecule has 0 aromatic rings. The molecule has 0 fully saturated rings. The fraction of sp³-hybridized carbons (Fsp3) is 0. The summed E-state index contributed by atoms with van der Waals surface area (Å²) in [6.07, 6.45) is 0. The molecular weight excluding hydrogens is 151 g/mol. The van der Waals surface area contributed by atoms with Gasteiger partial charge in [-0.3, -0.25) is 0 Å². The first-order chi connectivity index (χ1) is 1.00. The number of hydrogen-bond donors (Lipinski definition) is 1. The molecule has 0 atom stereocenters. The molecule has 0 bridgehead atoms. The van der Waals surface area contributed by atoms with Gasteiger partial charge in [0.05, 0.1) is 0 Å². The molecule has 0 unspecified atom stereocenters. The Balaban J connectivity index is -0.000000000833. The van der Waals surface area contributed by atoms with Crippen LogP contribution in [0.4, 0.5) is 0 Å². The molecule has 0 aliphatic carbocycles. The van der Waals surface area contributed by atoms with Gasteiger partial charge in [-0.25, -0.2) is 0 Å². The maximum atomic E-state index is 8.00. The van der Waals surface area contributed by atoms with Gasteiger partial charge in [-0.05, 0) is 0 Å². The Hall–Kier alpha value is 2.04. The van der Waals surface area contributed by atoms with Crippen LogP contribution in [0.5, 0.6) is 0 Å². The molecule has 0 heterocycles. The Labute approximate surface area is 93.1 Å². The smallest absolute Gasteiger partial charge is 1.00 e. The number of rotatable bonds is 0. The molecule has 3 N–H and O–H groups in total. The average Bonchev–Trinajstić information content (AvgIpc) is 1.00. The van der Waals surface area contributed by atoms with Crippen molar-refractivity contribution in [1.82, 2.24) is 6.15 Å². The summed E-state index contributed by atoms with van der Waals surface area (Å²) in [5, 5.41) is 0. The normalized spacial score (nSPS) is 0.500. The van der Waals surface area contributed by atoms with Crippen molar-refractivity contribution in [1.29, 1.82) is 0 Å². The zero-order valence-electron chi connectivity index (χ0n) is 3.61. The van der Waals surface area contributed by atoms with Crippen LogP contribution in [0.2, 0.25) is 0 Å². The third kappa shape index (κ3) is 36.8. The van der Waals surface area contributed by atoms with Crippen molar-refractivity contribution in [2.45, 2.75) is 0 Å². The molecule has 6 heteroatoms. The van der Waals surface area contributed by atoms with Gasteiger partial charge in [-0.2, -0.15) is 0 Å². The molecule has 0 rings (SSSR count). The summed E-state index contributed by atoms with van der Waals surface area (Å²) in [4.78, 5) is 0. The molecule has 0 saturated heterocycles. The summed E-state index contributed by atoms with van der Waals surface area (Å²) in [5.41, 5.74) is 0. The van der Waals surface area contributed by atoms with Crippen molar-refractivity contribution in [3.05, 3.63) is 0 Å². The van der Waals surface area contributed by atoms with Crippen LogP contribution in [0.15, 0.2) is 0 Å². The summed E-state index contributed by atoms with van der Waals surface area (Å²) in [6.45, 7) is 0. The van der Waals surface area contributed by atoms with Crippen molar-refractivity contribution in [2.24, 2.45) is 0 Å². The SMILES string of the molecule is B=O.Cl.N.[Cl-].[K+]. The predicted octanol–water partition coefficient (Wildman–Crippen LogP) is -6.18. The molecule has 0 aromatic heterocycles. The van der Waals surface area contributed by atoms with E-state index < -0.39 is 0 Å². The summed E-state index contributed by atoms with van der Waals surface area (Å²) < 4.78 is 8.00. The fourth-order valence-corrected chi connectivity index (χ4v) is 0. The van der Waals surface area contributed by atoms with Crippen LogP contribution in [-0.2, 0) is 4.70 Å². The van der Waals surface area contributed by atoms with E-state index in [1.54, 1.807) is 0 Å². The molecule has 0 aromatic carbocycles. The monoisotopic (exact) mass is 155 g/mol. The van der Waals surface area contributed by atoms with Gasteiger partial charge in [0.1, 0.15) is 0 Å². The average molecular weight is 156 g/mol. The summed E-state index contributed by atoms with van der Waals surface area (Å²) in [7, 11) is 2.00. The third-order valence-electron chi connectivity index (χ3n) is 0. The van der Waals surface area contributed by atoms with E-state index in [2.05, 4.69) is 0 Å². The van der Waals surface area contributed by atoms with E-state index >= 15 is 0 Å². The molecule has 2 nitrogen and oxygen atoms in total. The van der Waals surface area contributed by atoms with Gasteiger partial charge in [0, 0.05) is 0 Å². The van der Waals surface area contributed by atoms with E-state index in [0.29, 0.717) is 0 Å². The minimum Gasteiger partial charge on any atom is -1.00 e. The summed E-state index contributed by atoms with van der Waals surface area (Å²) in [5.74, 6) is 0. The Morgan fingerprint density at radius 2 is 1.17 bits per heavy atom. The van der Waals surface area contributed by atoms with Gasteiger partial charge in [0.2, 0.25) is 0 Å².